The minimum absolute atomic E-state index is 0.156. The summed E-state index contributed by atoms with van der Waals surface area (Å²) in [6.45, 7) is 6.17. The summed E-state index contributed by atoms with van der Waals surface area (Å²) in [5.74, 6) is -0.774. The fourth-order valence-electron chi connectivity index (χ4n) is 4.09. The molecule has 0 saturated carbocycles. The van der Waals surface area contributed by atoms with Crippen molar-refractivity contribution >= 4 is 32.4 Å². The Kier molecular flexibility index (Phi) is 7.36. The predicted octanol–water partition coefficient (Wildman–Crippen LogP) is 5.25. The van der Waals surface area contributed by atoms with Crippen LogP contribution in [-0.4, -0.2) is 62.5 Å². The first kappa shape index (κ1) is 26.7. The Hall–Kier alpha value is -3.34. The fraction of sp³-hybridized carbons (Fsp3) is 0.423. The van der Waals surface area contributed by atoms with Gasteiger partial charge in [-0.1, -0.05) is 6.07 Å². The van der Waals surface area contributed by atoms with Gasteiger partial charge in [0.15, 0.2) is 0 Å². The zero-order chi connectivity index (χ0) is 27.0. The van der Waals surface area contributed by atoms with Gasteiger partial charge in [0, 0.05) is 59.3 Å². The molecular weight excluding hydrogens is 502 g/mol. The van der Waals surface area contributed by atoms with Gasteiger partial charge in [-0.05, 0) is 32.9 Å². The molecule has 1 saturated heterocycles. The van der Waals surface area contributed by atoms with Gasteiger partial charge >= 0.3 is 6.09 Å². The second kappa shape index (κ2) is 10.2. The summed E-state index contributed by atoms with van der Waals surface area (Å²) < 4.78 is 57.0. The Balaban J connectivity index is 1.59. The van der Waals surface area contributed by atoms with Crippen molar-refractivity contribution in [1.82, 2.24) is 14.9 Å². The van der Waals surface area contributed by atoms with Gasteiger partial charge in [-0.15, -0.1) is 0 Å². The molecule has 0 N–H and O–H groups in total. The third-order valence-electron chi connectivity index (χ3n) is 5.56. The molecule has 2 aromatic carbocycles. The summed E-state index contributed by atoms with van der Waals surface area (Å²) in [6, 6.07) is 6.92. The van der Waals surface area contributed by atoms with Gasteiger partial charge < -0.3 is 14.4 Å². The van der Waals surface area contributed by atoms with Crippen LogP contribution < -0.4 is 4.74 Å². The first-order chi connectivity index (χ1) is 17.3. The number of ether oxygens (including phenoxy) is 2. The lowest BCUT2D eigenvalue weighted by atomic mass is 10.0. The van der Waals surface area contributed by atoms with Crippen molar-refractivity contribution in [3.63, 3.8) is 0 Å². The van der Waals surface area contributed by atoms with Crippen molar-refractivity contribution in [3.8, 4) is 5.75 Å². The molecule has 1 aliphatic heterocycles. The molecule has 0 radical (unpaired) electrons. The third kappa shape index (κ3) is 6.91. The van der Waals surface area contributed by atoms with E-state index >= 15 is 4.39 Å². The highest BCUT2D eigenvalue weighted by Crippen LogP contribution is 2.31. The minimum Gasteiger partial charge on any atom is -0.488 e. The molecule has 1 atom stereocenters. The first-order valence-corrected chi connectivity index (χ1v) is 14.1. The lowest BCUT2D eigenvalue weighted by molar-refractivity contribution is 0.0275. The molecule has 1 amide bonds. The summed E-state index contributed by atoms with van der Waals surface area (Å²) in [4.78, 5) is 22.4. The molecule has 198 valence electrons. The molecule has 0 spiro atoms. The highest BCUT2D eigenvalue weighted by Gasteiger charge is 2.31. The molecule has 37 heavy (non-hydrogen) atoms. The third-order valence-corrected chi connectivity index (χ3v) is 6.21. The maximum absolute atomic E-state index is 15.1. The highest BCUT2D eigenvalue weighted by molar-refractivity contribution is 7.92. The molecule has 4 rings (SSSR count). The van der Waals surface area contributed by atoms with Crippen LogP contribution in [0.1, 0.15) is 38.4 Å². The van der Waals surface area contributed by atoms with Crippen molar-refractivity contribution in [2.45, 2.75) is 45.3 Å². The van der Waals surface area contributed by atoms with Gasteiger partial charge in [0.2, 0.25) is 0 Å². The quantitative estimate of drug-likeness (QED) is 0.446. The van der Waals surface area contributed by atoms with Crippen LogP contribution in [0.15, 0.2) is 41.0 Å². The van der Waals surface area contributed by atoms with Gasteiger partial charge in [-0.25, -0.2) is 27.8 Å². The van der Waals surface area contributed by atoms with Crippen LogP contribution in [0.25, 0.3) is 10.9 Å². The number of carbonyl (C=O) groups excluding carboxylic acids is 1. The van der Waals surface area contributed by atoms with Gasteiger partial charge in [0.05, 0.1) is 28.8 Å². The van der Waals surface area contributed by atoms with Gasteiger partial charge in [-0.2, -0.15) is 4.36 Å². The second-order valence-corrected chi connectivity index (χ2v) is 12.8. The standard InChI is InChI=1S/C26H30F2N4O4S/c1-26(2,3)36-25(33)32-9-8-19(14-32)35-23-11-17(27)7-6-16(23)10-21-24-20(28)12-18(31-37(4,5)34)13-22(24)30-15-29-21/h6-7,11-13,15,19H,8-10,14H2,1-5H3/t19-/m1/s1. The monoisotopic (exact) mass is 532 g/mol. The topological polar surface area (TPSA) is 94.0 Å². The number of carbonyl (C=O) groups is 1. The average Bonchev–Trinajstić information content (AvgIpc) is 3.22. The van der Waals surface area contributed by atoms with E-state index in [0.717, 1.165) is 0 Å². The number of aromatic nitrogens is 2. The van der Waals surface area contributed by atoms with Gasteiger partial charge in [0.1, 0.15) is 35.4 Å². The number of halogens is 2. The molecule has 0 unspecified atom stereocenters. The predicted molar refractivity (Wildman–Crippen MR) is 138 cm³/mol. The number of amides is 1. The Labute approximate surface area is 215 Å². The summed E-state index contributed by atoms with van der Waals surface area (Å²) in [6.07, 6.45) is 4.19. The summed E-state index contributed by atoms with van der Waals surface area (Å²) in [7, 11) is -2.48. The molecule has 8 nitrogen and oxygen atoms in total. The Morgan fingerprint density at radius 3 is 2.65 bits per heavy atom. The van der Waals surface area contributed by atoms with E-state index < -0.39 is 33.1 Å². The van der Waals surface area contributed by atoms with E-state index in [9.17, 15) is 13.4 Å². The molecule has 1 aromatic heterocycles. The zero-order valence-corrected chi connectivity index (χ0v) is 22.3. The Bertz CT molecular complexity index is 1460. The van der Waals surface area contributed by atoms with Crippen molar-refractivity contribution in [2.24, 2.45) is 4.36 Å². The van der Waals surface area contributed by atoms with E-state index in [-0.39, 0.29) is 23.6 Å². The number of hydrogen-bond acceptors (Lipinski definition) is 7. The number of benzene rings is 2. The normalized spacial score (nSPS) is 16.2. The van der Waals surface area contributed by atoms with Gasteiger partial charge in [0.25, 0.3) is 0 Å². The van der Waals surface area contributed by atoms with Crippen LogP contribution in [0.3, 0.4) is 0 Å². The number of rotatable bonds is 5. The van der Waals surface area contributed by atoms with Crippen LogP contribution in [-0.2, 0) is 20.9 Å². The van der Waals surface area contributed by atoms with Crippen LogP contribution in [0.4, 0.5) is 19.3 Å². The van der Waals surface area contributed by atoms with Gasteiger partial charge in [-0.3, -0.25) is 0 Å². The number of fused-ring (bicyclic) bond motifs is 1. The lowest BCUT2D eigenvalue weighted by Gasteiger charge is -2.24. The van der Waals surface area contributed by atoms with E-state index in [0.29, 0.717) is 42.0 Å². The van der Waals surface area contributed by atoms with E-state index in [1.54, 1.807) is 37.8 Å². The molecule has 0 bridgehead atoms. The number of hydrogen-bond donors (Lipinski definition) is 0. The van der Waals surface area contributed by atoms with Crippen molar-refractivity contribution < 1.29 is 27.3 Å². The molecule has 0 aliphatic carbocycles. The van der Waals surface area contributed by atoms with E-state index in [4.69, 9.17) is 9.47 Å². The SMILES string of the molecule is CC(C)(C)OC(=O)N1CC[C@@H](Oc2cc(F)ccc2Cc2ncnc3cc(N=S(C)(C)=O)cc(F)c23)C1. The maximum Gasteiger partial charge on any atom is 0.410 e. The summed E-state index contributed by atoms with van der Waals surface area (Å²) in [5, 5.41) is 0.201. The van der Waals surface area contributed by atoms with Crippen LogP contribution in [0.5, 0.6) is 5.75 Å². The largest absolute Gasteiger partial charge is 0.488 e. The first-order valence-electron chi connectivity index (χ1n) is 11.8. The zero-order valence-electron chi connectivity index (χ0n) is 21.5. The summed E-state index contributed by atoms with van der Waals surface area (Å²) in [5.41, 5.74) is 0.936. The van der Waals surface area contributed by atoms with Crippen LogP contribution in [0.2, 0.25) is 0 Å². The molecular formula is C26H30F2N4O4S. The maximum atomic E-state index is 15.1. The van der Waals surface area contributed by atoms with Crippen LogP contribution >= 0.6 is 0 Å². The molecule has 1 aliphatic rings. The molecule has 1 fully saturated rings. The minimum atomic E-state index is -2.48. The molecule has 3 aromatic rings. The molecule has 2 heterocycles. The van der Waals surface area contributed by atoms with Crippen LogP contribution in [0, 0.1) is 11.6 Å². The average molecular weight is 533 g/mol. The van der Waals surface area contributed by atoms with Crippen molar-refractivity contribution in [1.29, 1.82) is 0 Å². The molecule has 11 heteroatoms. The van der Waals surface area contributed by atoms with E-state index in [2.05, 4.69) is 14.3 Å². The van der Waals surface area contributed by atoms with E-state index in [1.807, 2.05) is 0 Å². The second-order valence-electron chi connectivity index (χ2n) is 10.3. The lowest BCUT2D eigenvalue weighted by Crippen LogP contribution is -2.36. The fourth-order valence-corrected chi connectivity index (χ4v) is 4.71. The van der Waals surface area contributed by atoms with E-state index in [1.165, 1.54) is 37.0 Å². The number of nitrogens with zero attached hydrogens (tertiary/aromatic N) is 4. The number of likely N-dealkylation sites (tertiary alicyclic amines) is 1. The van der Waals surface area contributed by atoms with Crippen molar-refractivity contribution in [3.05, 3.63) is 59.6 Å². The Morgan fingerprint density at radius 1 is 1.19 bits per heavy atom. The Morgan fingerprint density at radius 2 is 1.95 bits per heavy atom. The highest BCUT2D eigenvalue weighted by atomic mass is 32.2. The van der Waals surface area contributed by atoms with Crippen molar-refractivity contribution in [2.75, 3.05) is 25.6 Å². The smallest absolute Gasteiger partial charge is 0.410 e. The summed E-state index contributed by atoms with van der Waals surface area (Å²) >= 11 is 0.